The molecule has 2 aromatic heterocycles. The summed E-state index contributed by atoms with van der Waals surface area (Å²) in [4.78, 5) is 26.2. The Morgan fingerprint density at radius 2 is 2.21 bits per heavy atom. The lowest BCUT2D eigenvalue weighted by Crippen LogP contribution is -2.27. The van der Waals surface area contributed by atoms with E-state index in [0.717, 1.165) is 28.8 Å². The number of hydrogen-bond acceptors (Lipinski definition) is 3. The van der Waals surface area contributed by atoms with Crippen LogP contribution in [0.15, 0.2) is 28.7 Å². The number of thiophene rings is 1. The zero-order chi connectivity index (χ0) is 17.1. The van der Waals surface area contributed by atoms with Gasteiger partial charge in [-0.2, -0.15) is 0 Å². The van der Waals surface area contributed by atoms with Crippen LogP contribution >= 0.6 is 11.3 Å². The maximum absolute atomic E-state index is 12.7. The summed E-state index contributed by atoms with van der Waals surface area (Å²) in [5.74, 6) is -0.124. The molecule has 0 aliphatic heterocycles. The van der Waals surface area contributed by atoms with Crippen molar-refractivity contribution in [3.8, 4) is 0 Å². The third kappa shape index (κ3) is 3.31. The number of allylic oxidation sites excluding steroid dienone is 1. The molecule has 0 saturated heterocycles. The van der Waals surface area contributed by atoms with Gasteiger partial charge in [0.15, 0.2) is 0 Å². The van der Waals surface area contributed by atoms with Crippen molar-refractivity contribution in [3.63, 3.8) is 0 Å². The van der Waals surface area contributed by atoms with Gasteiger partial charge in [-0.15, -0.1) is 11.3 Å². The first-order chi connectivity index (χ1) is 11.6. The van der Waals surface area contributed by atoms with Crippen molar-refractivity contribution in [2.24, 2.45) is 0 Å². The second-order valence-electron chi connectivity index (χ2n) is 6.29. The minimum Gasteiger partial charge on any atom is -0.352 e. The summed E-state index contributed by atoms with van der Waals surface area (Å²) in [6, 6.07) is 1.93. The van der Waals surface area contributed by atoms with Gasteiger partial charge >= 0.3 is 0 Å². The summed E-state index contributed by atoms with van der Waals surface area (Å²) in [6.45, 7) is 5.10. The highest BCUT2D eigenvalue weighted by Crippen LogP contribution is 2.28. The van der Waals surface area contributed by atoms with Gasteiger partial charge in [-0.25, -0.2) is 0 Å². The first-order valence-corrected chi connectivity index (χ1v) is 9.52. The van der Waals surface area contributed by atoms with Gasteiger partial charge in [-0.05, 0) is 52.0 Å². The van der Waals surface area contributed by atoms with Crippen molar-refractivity contribution in [1.29, 1.82) is 0 Å². The zero-order valence-electron chi connectivity index (χ0n) is 14.4. The molecule has 0 aromatic carbocycles. The van der Waals surface area contributed by atoms with Crippen LogP contribution in [0.2, 0.25) is 0 Å². The van der Waals surface area contributed by atoms with E-state index in [0.29, 0.717) is 24.0 Å². The molecule has 4 nitrogen and oxygen atoms in total. The number of carbonyl (C=O) groups is 1. The van der Waals surface area contributed by atoms with E-state index in [9.17, 15) is 9.59 Å². The summed E-state index contributed by atoms with van der Waals surface area (Å²) in [5, 5.41) is 3.57. The molecule has 0 fully saturated rings. The smallest absolute Gasteiger partial charge is 0.260 e. The van der Waals surface area contributed by atoms with E-state index >= 15 is 0 Å². The van der Waals surface area contributed by atoms with E-state index in [1.165, 1.54) is 29.8 Å². The predicted octanol–water partition coefficient (Wildman–Crippen LogP) is 4.01. The van der Waals surface area contributed by atoms with Crippen molar-refractivity contribution >= 4 is 27.3 Å². The summed E-state index contributed by atoms with van der Waals surface area (Å²) >= 11 is 1.52. The van der Waals surface area contributed by atoms with Crippen LogP contribution in [0, 0.1) is 6.92 Å². The molecule has 1 amide bonds. The molecule has 0 radical (unpaired) electrons. The maximum Gasteiger partial charge on any atom is 0.260 e. The molecule has 0 bridgehead atoms. The Morgan fingerprint density at radius 1 is 1.38 bits per heavy atom. The van der Waals surface area contributed by atoms with Gasteiger partial charge in [-0.3, -0.25) is 9.59 Å². The Labute approximate surface area is 146 Å². The van der Waals surface area contributed by atoms with Gasteiger partial charge in [0.05, 0.1) is 10.9 Å². The first-order valence-electron chi connectivity index (χ1n) is 8.70. The van der Waals surface area contributed by atoms with Gasteiger partial charge in [-0.1, -0.05) is 11.6 Å². The summed E-state index contributed by atoms with van der Waals surface area (Å²) in [6.07, 6.45) is 9.86. The second kappa shape index (κ2) is 7.34. The molecule has 24 heavy (non-hydrogen) atoms. The highest BCUT2D eigenvalue weighted by molar-refractivity contribution is 7.19. The van der Waals surface area contributed by atoms with Crippen molar-refractivity contribution in [1.82, 2.24) is 9.88 Å². The quantitative estimate of drug-likeness (QED) is 0.833. The highest BCUT2D eigenvalue weighted by Gasteiger charge is 2.19. The minimum absolute atomic E-state index is 0.0699. The maximum atomic E-state index is 12.7. The van der Waals surface area contributed by atoms with E-state index in [1.807, 2.05) is 19.9 Å². The lowest BCUT2D eigenvalue weighted by molar-refractivity contribution is 0.0955. The van der Waals surface area contributed by atoms with Crippen LogP contribution in [0.1, 0.15) is 54.3 Å². The SMILES string of the molecule is CCn1ccc2sc(C)c(C(=O)NCCC3=CCCCC3)c2c1=O. The topological polar surface area (TPSA) is 51.1 Å². The van der Waals surface area contributed by atoms with Gasteiger partial charge < -0.3 is 9.88 Å². The Balaban J connectivity index is 1.80. The Hall–Kier alpha value is -1.88. The number of rotatable bonds is 5. The van der Waals surface area contributed by atoms with Crippen molar-refractivity contribution < 1.29 is 4.79 Å². The number of pyridine rings is 1. The monoisotopic (exact) mass is 344 g/mol. The number of fused-ring (bicyclic) bond motifs is 1. The van der Waals surface area contributed by atoms with Crippen LogP contribution in [0.4, 0.5) is 0 Å². The number of nitrogens with zero attached hydrogens (tertiary/aromatic N) is 1. The average Bonchev–Trinajstić information content (AvgIpc) is 2.93. The van der Waals surface area contributed by atoms with Crippen molar-refractivity contribution in [3.05, 3.63) is 44.7 Å². The fourth-order valence-electron chi connectivity index (χ4n) is 3.34. The molecule has 0 atom stereocenters. The minimum atomic E-state index is -0.124. The van der Waals surface area contributed by atoms with Gasteiger partial charge in [0.1, 0.15) is 0 Å². The lowest BCUT2D eigenvalue weighted by Gasteiger charge is -2.13. The normalized spacial score (nSPS) is 14.7. The Morgan fingerprint density at radius 3 is 2.92 bits per heavy atom. The van der Waals surface area contributed by atoms with Crippen LogP contribution in [-0.2, 0) is 6.54 Å². The van der Waals surface area contributed by atoms with Crippen molar-refractivity contribution in [2.45, 2.75) is 52.5 Å². The molecule has 2 heterocycles. The highest BCUT2D eigenvalue weighted by atomic mass is 32.1. The number of aromatic nitrogens is 1. The number of aryl methyl sites for hydroxylation is 2. The molecular weight excluding hydrogens is 320 g/mol. The first kappa shape index (κ1) is 17.0. The fraction of sp³-hybridized carbons (Fsp3) is 0.474. The van der Waals surface area contributed by atoms with E-state index in [4.69, 9.17) is 0 Å². The number of amides is 1. The lowest BCUT2D eigenvalue weighted by atomic mass is 9.97. The van der Waals surface area contributed by atoms with Crippen LogP contribution in [0.5, 0.6) is 0 Å². The molecule has 128 valence electrons. The molecule has 2 aromatic rings. The summed E-state index contributed by atoms with van der Waals surface area (Å²) < 4.78 is 2.54. The van der Waals surface area contributed by atoms with Crippen LogP contribution < -0.4 is 10.9 Å². The predicted molar refractivity (Wildman–Crippen MR) is 100.0 cm³/mol. The van der Waals surface area contributed by atoms with E-state index in [1.54, 1.807) is 10.8 Å². The largest absolute Gasteiger partial charge is 0.352 e. The average molecular weight is 344 g/mol. The standard InChI is InChI=1S/C19H24N2O2S/c1-3-21-12-10-15-17(19(21)23)16(13(2)24-15)18(22)20-11-9-14-7-5-4-6-8-14/h7,10,12H,3-6,8-9,11H2,1-2H3,(H,20,22). The third-order valence-electron chi connectivity index (χ3n) is 4.68. The number of hydrogen-bond donors (Lipinski definition) is 1. The number of nitrogens with one attached hydrogen (secondary N) is 1. The van der Waals surface area contributed by atoms with E-state index in [-0.39, 0.29) is 11.5 Å². The van der Waals surface area contributed by atoms with E-state index in [2.05, 4.69) is 11.4 Å². The molecule has 5 heteroatoms. The zero-order valence-corrected chi connectivity index (χ0v) is 15.2. The molecule has 1 aliphatic carbocycles. The fourth-order valence-corrected chi connectivity index (χ4v) is 4.39. The molecule has 0 saturated carbocycles. The molecule has 0 spiro atoms. The summed E-state index contributed by atoms with van der Waals surface area (Å²) in [7, 11) is 0. The van der Waals surface area contributed by atoms with E-state index < -0.39 is 0 Å². The molecule has 3 rings (SSSR count). The molecule has 1 aliphatic rings. The van der Waals surface area contributed by atoms with Crippen molar-refractivity contribution in [2.75, 3.05) is 6.54 Å². The van der Waals surface area contributed by atoms with Gasteiger partial charge in [0.25, 0.3) is 11.5 Å². The van der Waals surface area contributed by atoms with Crippen LogP contribution in [-0.4, -0.2) is 17.0 Å². The Bertz CT molecular complexity index is 845. The molecule has 1 N–H and O–H groups in total. The van der Waals surface area contributed by atoms with Gasteiger partial charge in [0, 0.05) is 28.9 Å². The third-order valence-corrected chi connectivity index (χ3v) is 5.75. The second-order valence-corrected chi connectivity index (χ2v) is 7.55. The van der Waals surface area contributed by atoms with Gasteiger partial charge in [0.2, 0.25) is 0 Å². The summed E-state index contributed by atoms with van der Waals surface area (Å²) in [5.41, 5.74) is 1.93. The molecule has 0 unspecified atom stereocenters. The number of carbonyl (C=O) groups excluding carboxylic acids is 1. The molecular formula is C19H24N2O2S. The van der Waals surface area contributed by atoms with Crippen LogP contribution in [0.25, 0.3) is 10.1 Å². The Kier molecular flexibility index (Phi) is 5.19. The van der Waals surface area contributed by atoms with Crippen LogP contribution in [0.3, 0.4) is 0 Å².